The predicted molar refractivity (Wildman–Crippen MR) is 144 cm³/mol. The Morgan fingerprint density at radius 3 is 2.72 bits per heavy atom. The number of esters is 1. The summed E-state index contributed by atoms with van der Waals surface area (Å²) in [5.74, 6) is 0.966. The highest BCUT2D eigenvalue weighted by Gasteiger charge is 2.21. The molecule has 0 saturated heterocycles. The number of aryl methyl sites for hydroxylation is 1. The number of fused-ring (bicyclic) bond motifs is 1. The van der Waals surface area contributed by atoms with E-state index in [4.69, 9.17) is 14.2 Å². The lowest BCUT2D eigenvalue weighted by Gasteiger charge is -2.19. The van der Waals surface area contributed by atoms with Gasteiger partial charge < -0.3 is 14.2 Å². The average molecular weight is 556 g/mol. The molecular formula is C27H30BrN3O5. The van der Waals surface area contributed by atoms with Gasteiger partial charge in [0, 0.05) is 16.5 Å². The summed E-state index contributed by atoms with van der Waals surface area (Å²) in [6.45, 7) is 9.47. The molecule has 0 spiro atoms. The zero-order chi connectivity index (χ0) is 26.2. The van der Waals surface area contributed by atoms with Crippen molar-refractivity contribution in [3.05, 3.63) is 74.8 Å². The quantitative estimate of drug-likeness (QED) is 0.186. The topological polar surface area (TPSA) is 92.0 Å². The first-order valence-electron chi connectivity index (χ1n) is 11.7. The number of rotatable bonds is 11. The molecule has 190 valence electrons. The van der Waals surface area contributed by atoms with Gasteiger partial charge in [-0.15, -0.1) is 6.58 Å². The molecule has 0 aliphatic carbocycles. The van der Waals surface area contributed by atoms with E-state index in [-0.39, 0.29) is 12.2 Å². The van der Waals surface area contributed by atoms with E-state index >= 15 is 0 Å². The minimum Gasteiger partial charge on any atom is -0.493 e. The minimum absolute atomic E-state index is 0.248. The summed E-state index contributed by atoms with van der Waals surface area (Å²) in [4.78, 5) is 30.0. The van der Waals surface area contributed by atoms with E-state index < -0.39 is 12.1 Å². The Morgan fingerprint density at radius 2 is 2.06 bits per heavy atom. The summed E-state index contributed by atoms with van der Waals surface area (Å²) in [5.41, 5.74) is 1.82. The van der Waals surface area contributed by atoms with Gasteiger partial charge in [0.1, 0.15) is 5.82 Å². The second-order valence-corrected chi connectivity index (χ2v) is 8.93. The zero-order valence-electron chi connectivity index (χ0n) is 20.9. The standard InChI is InChI=1S/C27H30BrN3O5/c1-6-9-19-13-18(14-23(34-5)25(19)36-17(4)27(33)35-8-3)16-29-31-24(10-7-2)30-22-12-11-20(28)15-21(22)26(31)32/h6,11-17H,1,7-10H2,2-5H3/t17-/m0/s1. The maximum Gasteiger partial charge on any atom is 0.347 e. The van der Waals surface area contributed by atoms with Crippen molar-refractivity contribution in [1.82, 2.24) is 9.66 Å². The number of nitrogens with zero attached hydrogens (tertiary/aromatic N) is 3. The fraction of sp³-hybridized carbons (Fsp3) is 0.333. The Hall–Kier alpha value is -3.46. The first kappa shape index (κ1) is 27.1. The number of benzene rings is 2. The third kappa shape index (κ3) is 6.20. The van der Waals surface area contributed by atoms with Crippen molar-refractivity contribution in [1.29, 1.82) is 0 Å². The van der Waals surface area contributed by atoms with Crippen LogP contribution in [0.3, 0.4) is 0 Å². The summed E-state index contributed by atoms with van der Waals surface area (Å²) in [7, 11) is 1.52. The molecule has 9 heteroatoms. The second-order valence-electron chi connectivity index (χ2n) is 8.02. The number of hydrogen-bond donors (Lipinski definition) is 0. The average Bonchev–Trinajstić information content (AvgIpc) is 2.85. The predicted octanol–water partition coefficient (Wildman–Crippen LogP) is 5.06. The summed E-state index contributed by atoms with van der Waals surface area (Å²) in [5, 5.41) is 4.97. The van der Waals surface area contributed by atoms with E-state index in [9.17, 15) is 9.59 Å². The van der Waals surface area contributed by atoms with Crippen LogP contribution < -0.4 is 15.0 Å². The summed E-state index contributed by atoms with van der Waals surface area (Å²) in [6, 6.07) is 9.01. The molecule has 0 N–H and O–H groups in total. The van der Waals surface area contributed by atoms with Crippen LogP contribution in [0.15, 0.2) is 57.4 Å². The van der Waals surface area contributed by atoms with E-state index in [0.29, 0.717) is 46.6 Å². The Kier molecular flexibility index (Phi) is 9.41. The van der Waals surface area contributed by atoms with Crippen molar-refractivity contribution in [2.45, 2.75) is 46.1 Å². The molecule has 3 rings (SSSR count). The van der Waals surface area contributed by atoms with Crippen LogP contribution in [0.5, 0.6) is 11.5 Å². The minimum atomic E-state index is -0.819. The van der Waals surface area contributed by atoms with E-state index in [2.05, 4.69) is 32.6 Å². The maximum absolute atomic E-state index is 13.3. The lowest BCUT2D eigenvalue weighted by Crippen LogP contribution is -2.26. The summed E-state index contributed by atoms with van der Waals surface area (Å²) in [6.07, 6.45) is 4.37. The molecule has 1 atom stereocenters. The second kappa shape index (κ2) is 12.5. The number of aromatic nitrogens is 2. The number of halogens is 1. The van der Waals surface area contributed by atoms with Gasteiger partial charge in [-0.2, -0.15) is 9.78 Å². The van der Waals surface area contributed by atoms with Gasteiger partial charge >= 0.3 is 5.97 Å². The molecule has 8 nitrogen and oxygen atoms in total. The van der Waals surface area contributed by atoms with Gasteiger partial charge in [-0.3, -0.25) is 4.79 Å². The number of carbonyl (C=O) groups is 1. The molecule has 0 fully saturated rings. The third-order valence-corrected chi connectivity index (χ3v) is 5.82. The number of methoxy groups -OCH3 is 1. The van der Waals surface area contributed by atoms with Gasteiger partial charge in [-0.25, -0.2) is 9.78 Å². The number of allylic oxidation sites excluding steroid dienone is 1. The van der Waals surface area contributed by atoms with Gasteiger partial charge in [0.2, 0.25) is 0 Å². The SMILES string of the molecule is C=CCc1cc(C=Nn2c(CCC)nc3ccc(Br)cc3c2=O)cc(OC)c1O[C@@H](C)C(=O)OCC. The van der Waals surface area contributed by atoms with Gasteiger partial charge in [-0.05, 0) is 62.6 Å². The highest BCUT2D eigenvalue weighted by Crippen LogP contribution is 2.34. The maximum atomic E-state index is 13.3. The van der Waals surface area contributed by atoms with Crippen LogP contribution in [0.2, 0.25) is 0 Å². The van der Waals surface area contributed by atoms with Crippen molar-refractivity contribution in [3.63, 3.8) is 0 Å². The first-order valence-corrected chi connectivity index (χ1v) is 12.5. The molecule has 0 amide bonds. The molecule has 0 saturated carbocycles. The summed E-state index contributed by atoms with van der Waals surface area (Å²) < 4.78 is 18.7. The van der Waals surface area contributed by atoms with Crippen LogP contribution >= 0.6 is 15.9 Å². The molecule has 0 radical (unpaired) electrons. The van der Waals surface area contributed by atoms with Crippen molar-refractivity contribution < 1.29 is 19.0 Å². The zero-order valence-corrected chi connectivity index (χ0v) is 22.5. The Labute approximate surface area is 218 Å². The van der Waals surface area contributed by atoms with Crippen molar-refractivity contribution in [2.75, 3.05) is 13.7 Å². The normalized spacial score (nSPS) is 12.0. The smallest absolute Gasteiger partial charge is 0.347 e. The van der Waals surface area contributed by atoms with Gasteiger partial charge in [0.25, 0.3) is 5.56 Å². The number of carbonyl (C=O) groups excluding carboxylic acids is 1. The van der Waals surface area contributed by atoms with Gasteiger partial charge in [0.15, 0.2) is 17.6 Å². The number of ether oxygens (including phenoxy) is 3. The highest BCUT2D eigenvalue weighted by molar-refractivity contribution is 9.10. The fourth-order valence-corrected chi connectivity index (χ4v) is 4.02. The number of hydrogen-bond acceptors (Lipinski definition) is 7. The van der Waals surface area contributed by atoms with Crippen molar-refractivity contribution in [3.8, 4) is 11.5 Å². The van der Waals surface area contributed by atoms with Crippen LogP contribution in [0, 0.1) is 0 Å². The monoisotopic (exact) mass is 555 g/mol. The molecule has 0 bridgehead atoms. The molecule has 36 heavy (non-hydrogen) atoms. The first-order chi connectivity index (χ1) is 17.3. The Morgan fingerprint density at radius 1 is 1.28 bits per heavy atom. The van der Waals surface area contributed by atoms with E-state index in [1.165, 1.54) is 11.8 Å². The third-order valence-electron chi connectivity index (χ3n) is 5.32. The molecule has 0 unspecified atom stereocenters. The summed E-state index contributed by atoms with van der Waals surface area (Å²) >= 11 is 3.42. The molecule has 3 aromatic rings. The van der Waals surface area contributed by atoms with E-state index in [1.807, 2.05) is 25.1 Å². The van der Waals surface area contributed by atoms with Crippen molar-refractivity contribution in [2.24, 2.45) is 5.10 Å². The molecule has 2 aromatic carbocycles. The van der Waals surface area contributed by atoms with Crippen LogP contribution in [0.1, 0.15) is 44.1 Å². The van der Waals surface area contributed by atoms with Gasteiger partial charge in [-0.1, -0.05) is 28.9 Å². The molecule has 0 aliphatic rings. The molecular weight excluding hydrogens is 526 g/mol. The molecule has 0 aliphatic heterocycles. The largest absolute Gasteiger partial charge is 0.493 e. The Balaban J connectivity index is 2.07. The van der Waals surface area contributed by atoms with Crippen LogP contribution in [-0.2, 0) is 22.4 Å². The van der Waals surface area contributed by atoms with E-state index in [1.54, 1.807) is 38.3 Å². The Bertz CT molecular complexity index is 1350. The lowest BCUT2D eigenvalue weighted by molar-refractivity contribution is -0.150. The van der Waals surface area contributed by atoms with Crippen LogP contribution in [-0.4, -0.2) is 41.7 Å². The van der Waals surface area contributed by atoms with Crippen LogP contribution in [0.25, 0.3) is 10.9 Å². The van der Waals surface area contributed by atoms with Crippen molar-refractivity contribution >= 4 is 39.0 Å². The molecule has 1 aromatic heterocycles. The molecule has 1 heterocycles. The highest BCUT2D eigenvalue weighted by atomic mass is 79.9. The van der Waals surface area contributed by atoms with Gasteiger partial charge in [0.05, 0.1) is 30.8 Å². The van der Waals surface area contributed by atoms with E-state index in [0.717, 1.165) is 16.5 Å². The van der Waals surface area contributed by atoms with Crippen LogP contribution in [0.4, 0.5) is 0 Å². The lowest BCUT2D eigenvalue weighted by atomic mass is 10.1. The fourth-order valence-electron chi connectivity index (χ4n) is 3.66.